The summed E-state index contributed by atoms with van der Waals surface area (Å²) in [4.78, 5) is 4.14. The van der Waals surface area contributed by atoms with Crippen LogP contribution in [-0.2, 0) is 32.7 Å². The molecule has 0 spiro atoms. The summed E-state index contributed by atoms with van der Waals surface area (Å²) in [6.45, 7) is 0. The Morgan fingerprint density at radius 3 is 2.91 bits per heavy atom. The van der Waals surface area contributed by atoms with E-state index in [1.165, 1.54) is 0 Å². The second kappa shape index (κ2) is 3.37. The Kier molecular flexibility index (Phi) is 2.69. The van der Waals surface area contributed by atoms with E-state index >= 15 is 0 Å². The minimum atomic E-state index is 0. The van der Waals surface area contributed by atoms with Crippen molar-refractivity contribution in [1.82, 2.24) is 9.55 Å². The van der Waals surface area contributed by atoms with E-state index in [9.17, 15) is 0 Å². The first kappa shape index (κ1) is 8.76. The van der Waals surface area contributed by atoms with Gasteiger partial charge in [0.05, 0.1) is 0 Å². The van der Waals surface area contributed by atoms with Gasteiger partial charge in [-0.1, -0.05) is 12.3 Å². The third-order valence-electron chi connectivity index (χ3n) is 1.52. The monoisotopic (exact) mass is 220 g/mol. The van der Waals surface area contributed by atoms with Crippen molar-refractivity contribution in [2.75, 3.05) is 0 Å². The molecule has 0 aliphatic heterocycles. The molecule has 3 heteroatoms. The Morgan fingerprint density at radius 1 is 1.36 bits per heavy atom. The van der Waals surface area contributed by atoms with E-state index in [0.717, 1.165) is 11.0 Å². The molecule has 0 N–H and O–H groups in total. The average Bonchev–Trinajstić information content (AvgIpc) is 2.34. The van der Waals surface area contributed by atoms with Gasteiger partial charge in [0.2, 0.25) is 0 Å². The molecule has 53 valence electrons. The van der Waals surface area contributed by atoms with Crippen LogP contribution in [0.2, 0.25) is 0 Å². The fraction of sp³-hybridized carbons (Fsp3) is 0. The van der Waals surface area contributed by atoms with E-state index in [0.29, 0.717) is 0 Å². The van der Waals surface area contributed by atoms with Crippen LogP contribution in [0.1, 0.15) is 0 Å². The van der Waals surface area contributed by atoms with E-state index in [2.05, 4.69) is 12.0 Å². The van der Waals surface area contributed by atoms with Crippen LogP contribution in [0.3, 0.4) is 0 Å². The Balaban J connectivity index is 0.000000605. The molecular formula is C8H7N2Y-. The third kappa shape index (κ3) is 1.47. The first-order valence-corrected chi connectivity index (χ1v) is 3.11. The largest absolute Gasteiger partial charge is 0.472 e. The number of fused-ring (bicyclic) bond motifs is 1. The maximum Gasteiger partial charge on any atom is 0.0319 e. The Bertz CT molecular complexity index is 354. The topological polar surface area (TPSA) is 17.8 Å². The third-order valence-corrected chi connectivity index (χ3v) is 1.52. The van der Waals surface area contributed by atoms with E-state index in [4.69, 9.17) is 0 Å². The second-order valence-electron chi connectivity index (χ2n) is 2.20. The number of hydrogen-bond donors (Lipinski definition) is 0. The molecule has 0 fully saturated rings. The number of aromatic nitrogens is 2. The molecule has 11 heavy (non-hydrogen) atoms. The Morgan fingerprint density at radius 2 is 2.18 bits per heavy atom. The minimum Gasteiger partial charge on any atom is -0.472 e. The zero-order valence-corrected chi connectivity index (χ0v) is 8.90. The SMILES string of the molecule is [CH2-]n1ccc2cccnc21.[Y]. The van der Waals surface area contributed by atoms with E-state index in [-0.39, 0.29) is 32.7 Å². The van der Waals surface area contributed by atoms with Gasteiger partial charge in [-0.25, -0.2) is 0 Å². The Labute approximate surface area is 90.5 Å². The first-order chi connectivity index (χ1) is 4.88. The maximum absolute atomic E-state index is 4.14. The van der Waals surface area contributed by atoms with Crippen LogP contribution < -0.4 is 0 Å². The summed E-state index contributed by atoms with van der Waals surface area (Å²) in [6.07, 6.45) is 3.67. The molecule has 0 amide bonds. The molecule has 0 bridgehead atoms. The smallest absolute Gasteiger partial charge is 0.0319 e. The van der Waals surface area contributed by atoms with E-state index in [1.54, 1.807) is 10.8 Å². The first-order valence-electron chi connectivity index (χ1n) is 3.11. The van der Waals surface area contributed by atoms with Gasteiger partial charge in [0.1, 0.15) is 0 Å². The molecule has 2 heterocycles. The number of pyridine rings is 1. The van der Waals surface area contributed by atoms with Gasteiger partial charge in [-0.3, -0.25) is 0 Å². The van der Waals surface area contributed by atoms with Crippen molar-refractivity contribution >= 4 is 11.0 Å². The van der Waals surface area contributed by atoms with Crippen molar-refractivity contribution in [3.8, 4) is 0 Å². The summed E-state index contributed by atoms with van der Waals surface area (Å²) in [5.74, 6) is 0. The molecule has 0 saturated carbocycles. The number of hydrogen-bond acceptors (Lipinski definition) is 1. The summed E-state index contributed by atoms with van der Waals surface area (Å²) in [5, 5.41) is 1.14. The van der Waals surface area contributed by atoms with Crippen LogP contribution in [-0.4, -0.2) is 9.55 Å². The van der Waals surface area contributed by atoms with Gasteiger partial charge in [0.15, 0.2) is 0 Å². The molecule has 0 saturated heterocycles. The summed E-state index contributed by atoms with van der Waals surface area (Å²) in [6, 6.07) is 5.93. The van der Waals surface area contributed by atoms with Crippen LogP contribution in [0.15, 0.2) is 30.6 Å². The molecule has 0 unspecified atom stereocenters. The molecule has 2 nitrogen and oxygen atoms in total. The summed E-state index contributed by atoms with van der Waals surface area (Å²) in [5.41, 5.74) is 0.933. The quantitative estimate of drug-likeness (QED) is 0.617. The van der Waals surface area contributed by atoms with Crippen molar-refractivity contribution < 1.29 is 32.7 Å². The maximum atomic E-state index is 4.14. The number of nitrogens with zero attached hydrogens (tertiary/aromatic N) is 2. The zero-order valence-electron chi connectivity index (χ0n) is 6.07. The zero-order chi connectivity index (χ0) is 6.97. The fourth-order valence-corrected chi connectivity index (χ4v) is 1.02. The van der Waals surface area contributed by atoms with Crippen molar-refractivity contribution in [3.05, 3.63) is 37.6 Å². The Hall–Kier alpha value is -0.336. The minimum absolute atomic E-state index is 0. The van der Waals surface area contributed by atoms with Crippen molar-refractivity contribution in [2.24, 2.45) is 0 Å². The fourth-order valence-electron chi connectivity index (χ4n) is 1.02. The van der Waals surface area contributed by atoms with Gasteiger partial charge in [-0.2, -0.15) is 0 Å². The normalized spacial score (nSPS) is 9.45. The van der Waals surface area contributed by atoms with Crippen molar-refractivity contribution in [1.29, 1.82) is 0 Å². The standard InChI is InChI=1S/C8H7N2.Y/c1-10-6-4-7-3-2-5-9-8(7)10;/h2-6H,1H2;/q-1;. The summed E-state index contributed by atoms with van der Waals surface area (Å²) < 4.78 is 1.76. The van der Waals surface area contributed by atoms with Crippen molar-refractivity contribution in [2.45, 2.75) is 0 Å². The molecule has 0 aliphatic rings. The van der Waals surface area contributed by atoms with Gasteiger partial charge in [0, 0.05) is 44.6 Å². The van der Waals surface area contributed by atoms with Gasteiger partial charge in [-0.15, -0.1) is 13.1 Å². The van der Waals surface area contributed by atoms with Crippen molar-refractivity contribution in [3.63, 3.8) is 0 Å². The van der Waals surface area contributed by atoms with Crippen LogP contribution in [0.4, 0.5) is 0 Å². The second-order valence-corrected chi connectivity index (χ2v) is 2.20. The van der Waals surface area contributed by atoms with Gasteiger partial charge in [-0.05, 0) is 11.5 Å². The van der Waals surface area contributed by atoms with Crippen LogP contribution in [0.25, 0.3) is 11.0 Å². The van der Waals surface area contributed by atoms with E-state index < -0.39 is 0 Å². The van der Waals surface area contributed by atoms with Gasteiger partial charge >= 0.3 is 0 Å². The molecule has 0 atom stereocenters. The molecule has 0 aromatic carbocycles. The van der Waals surface area contributed by atoms with Crippen LogP contribution in [0, 0.1) is 7.05 Å². The molecular weight excluding hydrogens is 213 g/mol. The molecule has 2 aromatic rings. The predicted octanol–water partition coefficient (Wildman–Crippen LogP) is 1.67. The summed E-state index contributed by atoms with van der Waals surface area (Å²) >= 11 is 0. The van der Waals surface area contributed by atoms with E-state index in [1.807, 2.05) is 24.4 Å². The van der Waals surface area contributed by atoms with Gasteiger partial charge < -0.3 is 9.55 Å². The molecule has 2 rings (SSSR count). The van der Waals surface area contributed by atoms with Crippen LogP contribution >= 0.6 is 0 Å². The van der Waals surface area contributed by atoms with Crippen LogP contribution in [0.5, 0.6) is 0 Å². The van der Waals surface area contributed by atoms with Gasteiger partial charge in [0.25, 0.3) is 0 Å². The molecule has 0 aliphatic carbocycles. The average molecular weight is 220 g/mol. The molecule has 1 radical (unpaired) electrons. The predicted molar refractivity (Wildman–Crippen MR) is 40.5 cm³/mol. The summed E-state index contributed by atoms with van der Waals surface area (Å²) in [7, 11) is 3.76. The molecule has 2 aromatic heterocycles. The number of rotatable bonds is 0.